The highest BCUT2D eigenvalue weighted by Crippen LogP contribution is 2.59. The molecule has 22 heavy (non-hydrogen) atoms. The van der Waals surface area contributed by atoms with Crippen LogP contribution < -0.4 is 0 Å². The Kier molecular flexibility index (Phi) is 4.89. The largest absolute Gasteiger partial charge is 0.466 e. The van der Waals surface area contributed by atoms with E-state index in [-0.39, 0.29) is 5.97 Å². The molecule has 0 fully saturated rings. The molecule has 0 unspecified atom stereocenters. The summed E-state index contributed by atoms with van der Waals surface area (Å²) in [6.45, 7) is 11.7. The second-order valence-corrected chi connectivity index (χ2v) is 6.83. The van der Waals surface area contributed by atoms with Crippen LogP contribution in [0.25, 0.3) is 0 Å². The van der Waals surface area contributed by atoms with Crippen LogP contribution in [-0.4, -0.2) is 51.2 Å². The molecular formula is C17H30O5. The van der Waals surface area contributed by atoms with Gasteiger partial charge in [0.25, 0.3) is 0 Å². The second kappa shape index (κ2) is 5.62. The van der Waals surface area contributed by atoms with Gasteiger partial charge in [0.05, 0.1) is 7.11 Å². The molecule has 0 aliphatic heterocycles. The van der Waals surface area contributed by atoms with Gasteiger partial charge in [-0.05, 0) is 33.3 Å². The molecule has 0 aromatic heterocycles. The Morgan fingerprint density at radius 2 is 1.27 bits per heavy atom. The fourth-order valence-electron chi connectivity index (χ4n) is 4.05. The number of rotatable bonds is 4. The van der Waals surface area contributed by atoms with Crippen molar-refractivity contribution in [1.29, 1.82) is 0 Å². The molecule has 5 nitrogen and oxygen atoms in total. The first-order valence-electron chi connectivity index (χ1n) is 7.40. The second-order valence-electron chi connectivity index (χ2n) is 6.83. The van der Waals surface area contributed by atoms with Gasteiger partial charge in [0.1, 0.15) is 16.8 Å². The number of ether oxygens (including phenoxy) is 4. The van der Waals surface area contributed by atoms with Crippen molar-refractivity contribution >= 4 is 5.97 Å². The van der Waals surface area contributed by atoms with Crippen molar-refractivity contribution in [3.63, 3.8) is 0 Å². The first kappa shape index (κ1) is 19.1. The van der Waals surface area contributed by atoms with Gasteiger partial charge in [-0.15, -0.1) is 0 Å². The van der Waals surface area contributed by atoms with E-state index < -0.39 is 22.2 Å². The van der Waals surface area contributed by atoms with Crippen LogP contribution in [0.15, 0.2) is 11.1 Å². The molecular weight excluding hydrogens is 284 g/mol. The zero-order valence-corrected chi connectivity index (χ0v) is 15.5. The van der Waals surface area contributed by atoms with Gasteiger partial charge in [-0.2, -0.15) is 0 Å². The van der Waals surface area contributed by atoms with Crippen LogP contribution in [-0.2, 0) is 23.7 Å². The van der Waals surface area contributed by atoms with E-state index in [2.05, 4.69) is 0 Å². The average molecular weight is 314 g/mol. The normalized spacial score (nSPS) is 38.1. The maximum Gasteiger partial charge on any atom is 0.334 e. The first-order chi connectivity index (χ1) is 9.95. The molecule has 3 atom stereocenters. The monoisotopic (exact) mass is 314 g/mol. The van der Waals surface area contributed by atoms with E-state index in [0.29, 0.717) is 5.57 Å². The van der Waals surface area contributed by atoms with Crippen LogP contribution in [0.4, 0.5) is 0 Å². The van der Waals surface area contributed by atoms with Gasteiger partial charge < -0.3 is 18.9 Å². The summed E-state index contributed by atoms with van der Waals surface area (Å²) in [4.78, 5) is 12.5. The molecule has 0 N–H and O–H groups in total. The predicted molar refractivity (Wildman–Crippen MR) is 84.7 cm³/mol. The third-order valence-corrected chi connectivity index (χ3v) is 6.34. The lowest BCUT2D eigenvalue weighted by Crippen LogP contribution is -2.74. The maximum atomic E-state index is 12.5. The molecule has 0 saturated carbocycles. The summed E-state index contributed by atoms with van der Waals surface area (Å²) >= 11 is 0. The lowest BCUT2D eigenvalue weighted by molar-refractivity contribution is -0.280. The van der Waals surface area contributed by atoms with Crippen molar-refractivity contribution < 1.29 is 23.7 Å². The van der Waals surface area contributed by atoms with Crippen LogP contribution >= 0.6 is 0 Å². The Bertz CT molecular complexity index is 495. The van der Waals surface area contributed by atoms with Crippen molar-refractivity contribution in [2.75, 3.05) is 28.4 Å². The summed E-state index contributed by atoms with van der Waals surface area (Å²) in [7, 11) is 6.27. The van der Waals surface area contributed by atoms with Crippen LogP contribution in [0.1, 0.15) is 41.5 Å². The molecule has 0 aromatic rings. The number of esters is 1. The minimum Gasteiger partial charge on any atom is -0.466 e. The van der Waals surface area contributed by atoms with Crippen LogP contribution in [0.2, 0.25) is 0 Å². The molecule has 0 heterocycles. The number of carbonyl (C=O) groups excluding carboxylic acids is 1. The minimum atomic E-state index is -0.842. The fourth-order valence-corrected chi connectivity index (χ4v) is 4.05. The summed E-state index contributed by atoms with van der Waals surface area (Å²) in [6.07, 6.45) is 0. The first-order valence-corrected chi connectivity index (χ1v) is 7.40. The quantitative estimate of drug-likeness (QED) is 0.747. The van der Waals surface area contributed by atoms with Gasteiger partial charge in [0.2, 0.25) is 0 Å². The molecule has 0 amide bonds. The molecule has 5 heteroatoms. The lowest BCUT2D eigenvalue weighted by Gasteiger charge is -2.63. The SMILES string of the molecule is COC(=O)C1=C(C)[C@@](C)(OC)[C@@](C)(OC)[C@](C)(OC)C1(C)C. The summed E-state index contributed by atoms with van der Waals surface area (Å²) < 4.78 is 22.7. The molecule has 1 aliphatic rings. The van der Waals surface area contributed by atoms with Gasteiger partial charge in [0, 0.05) is 32.3 Å². The topological polar surface area (TPSA) is 54.0 Å². The average Bonchev–Trinajstić information content (AvgIpc) is 2.50. The number of hydrogen-bond acceptors (Lipinski definition) is 5. The minimum absolute atomic E-state index is 0.368. The van der Waals surface area contributed by atoms with E-state index in [4.69, 9.17) is 18.9 Å². The molecule has 1 aliphatic carbocycles. The van der Waals surface area contributed by atoms with Crippen molar-refractivity contribution in [3.05, 3.63) is 11.1 Å². The number of methoxy groups -OCH3 is 4. The number of carbonyl (C=O) groups is 1. The molecule has 0 spiro atoms. The highest BCUT2D eigenvalue weighted by molar-refractivity contribution is 5.92. The van der Waals surface area contributed by atoms with E-state index in [1.54, 1.807) is 21.3 Å². The molecule has 128 valence electrons. The van der Waals surface area contributed by atoms with Crippen molar-refractivity contribution in [3.8, 4) is 0 Å². The Hall–Kier alpha value is -0.910. The van der Waals surface area contributed by atoms with E-state index >= 15 is 0 Å². The van der Waals surface area contributed by atoms with Crippen molar-refractivity contribution in [1.82, 2.24) is 0 Å². The maximum absolute atomic E-state index is 12.5. The third-order valence-electron chi connectivity index (χ3n) is 6.34. The van der Waals surface area contributed by atoms with Gasteiger partial charge >= 0.3 is 5.97 Å². The highest BCUT2D eigenvalue weighted by Gasteiger charge is 2.70. The van der Waals surface area contributed by atoms with Crippen LogP contribution in [0.5, 0.6) is 0 Å². The highest BCUT2D eigenvalue weighted by atomic mass is 16.6. The van der Waals surface area contributed by atoms with E-state index in [1.807, 2.05) is 41.5 Å². The molecule has 0 bridgehead atoms. The Labute approximate surface area is 133 Å². The van der Waals surface area contributed by atoms with Gasteiger partial charge in [-0.1, -0.05) is 13.8 Å². The smallest absolute Gasteiger partial charge is 0.334 e. The zero-order valence-electron chi connectivity index (χ0n) is 15.5. The molecule has 1 rings (SSSR count). The Morgan fingerprint density at radius 1 is 0.818 bits per heavy atom. The van der Waals surface area contributed by atoms with Gasteiger partial charge in [-0.25, -0.2) is 4.79 Å². The lowest BCUT2D eigenvalue weighted by atomic mass is 9.51. The fraction of sp³-hybridized carbons (Fsp3) is 0.824. The van der Waals surface area contributed by atoms with Crippen LogP contribution in [0.3, 0.4) is 0 Å². The summed E-state index contributed by atoms with van der Waals surface area (Å²) in [5.74, 6) is -0.368. The predicted octanol–water partition coefficient (Wildman–Crippen LogP) is 2.73. The third kappa shape index (κ3) is 1.92. The standard InChI is InChI=1S/C17H30O5/c1-11-12(13(18)19-7)14(2,3)16(5,21-9)17(6,22-10)15(11,4)20-8/h1-10H3/t15-,16-,17-/m1/s1. The summed E-state index contributed by atoms with van der Waals surface area (Å²) in [5, 5.41) is 0. The molecule has 0 aromatic carbocycles. The molecule has 0 radical (unpaired) electrons. The zero-order chi connectivity index (χ0) is 17.6. The van der Waals surface area contributed by atoms with E-state index in [1.165, 1.54) is 7.11 Å². The van der Waals surface area contributed by atoms with E-state index in [9.17, 15) is 4.79 Å². The van der Waals surface area contributed by atoms with Gasteiger partial charge in [-0.3, -0.25) is 0 Å². The van der Waals surface area contributed by atoms with E-state index in [0.717, 1.165) is 5.57 Å². The molecule has 0 saturated heterocycles. The summed E-state index contributed by atoms with van der Waals surface area (Å²) in [6, 6.07) is 0. The van der Waals surface area contributed by atoms with Crippen molar-refractivity contribution in [2.24, 2.45) is 5.41 Å². The van der Waals surface area contributed by atoms with Crippen LogP contribution in [0, 0.1) is 5.41 Å². The number of hydrogen-bond donors (Lipinski definition) is 0. The Balaban J connectivity index is 3.93. The van der Waals surface area contributed by atoms with Crippen molar-refractivity contribution in [2.45, 2.75) is 58.3 Å². The van der Waals surface area contributed by atoms with Gasteiger partial charge in [0.15, 0.2) is 0 Å². The summed E-state index contributed by atoms with van der Waals surface area (Å²) in [5.41, 5.74) is -1.74. The Morgan fingerprint density at radius 3 is 1.59 bits per heavy atom.